The highest BCUT2D eigenvalue weighted by Gasteiger charge is 2.34. The van der Waals surface area contributed by atoms with E-state index in [1.54, 1.807) is 11.1 Å². The Morgan fingerprint density at radius 2 is 2.41 bits per heavy atom. The molecule has 0 saturated heterocycles. The molecule has 1 fully saturated rings. The second-order valence-corrected chi connectivity index (χ2v) is 5.50. The maximum absolute atomic E-state index is 4.32. The lowest BCUT2D eigenvalue weighted by molar-refractivity contribution is 0.362. The molecule has 1 heterocycles. The van der Waals surface area contributed by atoms with E-state index in [4.69, 9.17) is 0 Å². The topological polar surface area (TPSA) is 24.4 Å². The summed E-state index contributed by atoms with van der Waals surface area (Å²) in [5.41, 5.74) is 3.35. The van der Waals surface area contributed by atoms with Crippen LogP contribution in [0.25, 0.3) is 0 Å². The first-order valence-electron chi connectivity index (χ1n) is 6.80. The number of aliphatic imine (C=N–C) groups is 1. The molecule has 2 rings (SSSR count). The van der Waals surface area contributed by atoms with E-state index in [1.807, 2.05) is 6.34 Å². The number of hydrogen-bond acceptors (Lipinski definition) is 2. The molecule has 0 aromatic carbocycles. The lowest BCUT2D eigenvalue weighted by atomic mass is 9.85. The first kappa shape index (κ1) is 12.4. The molecule has 1 N–H and O–H groups in total. The van der Waals surface area contributed by atoms with Gasteiger partial charge in [-0.05, 0) is 56.6 Å². The van der Waals surface area contributed by atoms with Gasteiger partial charge in [-0.3, -0.25) is 4.99 Å². The molecule has 17 heavy (non-hydrogen) atoms. The fourth-order valence-electron chi connectivity index (χ4n) is 3.09. The van der Waals surface area contributed by atoms with Crippen molar-refractivity contribution in [2.24, 2.45) is 10.9 Å². The van der Waals surface area contributed by atoms with E-state index >= 15 is 0 Å². The van der Waals surface area contributed by atoms with E-state index in [-0.39, 0.29) is 5.54 Å². The second-order valence-electron chi connectivity index (χ2n) is 5.50. The van der Waals surface area contributed by atoms with Crippen molar-refractivity contribution in [2.45, 2.75) is 52.0 Å². The molecule has 0 aromatic heterocycles. The van der Waals surface area contributed by atoms with E-state index < -0.39 is 0 Å². The van der Waals surface area contributed by atoms with Crippen LogP contribution in [0.3, 0.4) is 0 Å². The van der Waals surface area contributed by atoms with E-state index in [9.17, 15) is 0 Å². The first-order chi connectivity index (χ1) is 8.18. The second kappa shape index (κ2) is 5.07. The summed E-state index contributed by atoms with van der Waals surface area (Å²) in [7, 11) is 0. The minimum absolute atomic E-state index is 0.181. The van der Waals surface area contributed by atoms with Gasteiger partial charge in [-0.15, -0.1) is 0 Å². The monoisotopic (exact) mass is 232 g/mol. The number of allylic oxidation sites excluding steroid dienone is 4. The zero-order chi connectivity index (χ0) is 12.3. The van der Waals surface area contributed by atoms with E-state index in [2.05, 4.69) is 43.2 Å². The van der Waals surface area contributed by atoms with Crippen LogP contribution in [-0.2, 0) is 0 Å². The molecule has 94 valence electrons. The average Bonchev–Trinajstić information content (AvgIpc) is 2.88. The van der Waals surface area contributed by atoms with Gasteiger partial charge in [-0.2, -0.15) is 0 Å². The fourth-order valence-corrected chi connectivity index (χ4v) is 3.09. The van der Waals surface area contributed by atoms with Gasteiger partial charge in [-0.1, -0.05) is 19.1 Å². The predicted molar refractivity (Wildman–Crippen MR) is 74.4 cm³/mol. The molecule has 2 heteroatoms. The van der Waals surface area contributed by atoms with Crippen LogP contribution in [0.2, 0.25) is 0 Å². The summed E-state index contributed by atoms with van der Waals surface area (Å²) in [6.07, 6.45) is 11.5. The van der Waals surface area contributed by atoms with Crippen LogP contribution in [0.1, 0.15) is 46.5 Å². The van der Waals surface area contributed by atoms with Crippen molar-refractivity contribution >= 4 is 6.34 Å². The maximum atomic E-state index is 4.32. The average molecular weight is 232 g/mol. The Morgan fingerprint density at radius 3 is 3.00 bits per heavy atom. The van der Waals surface area contributed by atoms with Crippen molar-refractivity contribution in [3.8, 4) is 0 Å². The van der Waals surface area contributed by atoms with Crippen molar-refractivity contribution in [3.63, 3.8) is 0 Å². The quantitative estimate of drug-likeness (QED) is 0.791. The molecule has 0 amide bonds. The largest absolute Gasteiger partial charge is 0.369 e. The Labute approximate surface area is 105 Å². The molecule has 0 bridgehead atoms. The van der Waals surface area contributed by atoms with Gasteiger partial charge < -0.3 is 5.32 Å². The third-order valence-corrected chi connectivity index (χ3v) is 3.99. The summed E-state index contributed by atoms with van der Waals surface area (Å²) in [5.74, 6) is 0.723. The van der Waals surface area contributed by atoms with Gasteiger partial charge in [0.15, 0.2) is 0 Å². The first-order valence-corrected chi connectivity index (χ1v) is 6.80. The highest BCUT2D eigenvalue weighted by molar-refractivity contribution is 5.58. The fraction of sp³-hybridized carbons (Fsp3) is 0.667. The highest BCUT2D eigenvalue weighted by Crippen LogP contribution is 2.40. The van der Waals surface area contributed by atoms with Gasteiger partial charge in [0.25, 0.3) is 0 Å². The van der Waals surface area contributed by atoms with Crippen LogP contribution in [0.5, 0.6) is 0 Å². The Balaban J connectivity index is 2.08. The lowest BCUT2D eigenvalue weighted by Crippen LogP contribution is -2.41. The van der Waals surface area contributed by atoms with Crippen LogP contribution < -0.4 is 5.32 Å². The molecule has 2 nitrogen and oxygen atoms in total. The predicted octanol–water partition coefficient (Wildman–Crippen LogP) is 3.46. The maximum Gasteiger partial charge on any atom is 0.0829 e. The Kier molecular flexibility index (Phi) is 3.70. The van der Waals surface area contributed by atoms with Crippen LogP contribution in [0, 0.1) is 5.92 Å². The van der Waals surface area contributed by atoms with Crippen molar-refractivity contribution in [1.29, 1.82) is 0 Å². The zero-order valence-electron chi connectivity index (χ0n) is 11.3. The molecular formula is C15H24N2. The van der Waals surface area contributed by atoms with Crippen LogP contribution >= 0.6 is 0 Å². The van der Waals surface area contributed by atoms with Gasteiger partial charge in [0.1, 0.15) is 0 Å². The van der Waals surface area contributed by atoms with Gasteiger partial charge in [-0.25, -0.2) is 0 Å². The molecule has 2 aliphatic rings. The molecule has 0 spiro atoms. The van der Waals surface area contributed by atoms with Crippen LogP contribution in [0.4, 0.5) is 0 Å². The third-order valence-electron chi connectivity index (χ3n) is 3.99. The summed E-state index contributed by atoms with van der Waals surface area (Å²) >= 11 is 0. The van der Waals surface area contributed by atoms with Gasteiger partial charge in [0.2, 0.25) is 0 Å². The Hall–Kier alpha value is -1.05. The molecule has 2 atom stereocenters. The molecule has 1 aliphatic carbocycles. The molecular weight excluding hydrogens is 208 g/mol. The van der Waals surface area contributed by atoms with Crippen molar-refractivity contribution in [1.82, 2.24) is 5.32 Å². The van der Waals surface area contributed by atoms with E-state index in [0.717, 1.165) is 18.9 Å². The Morgan fingerprint density at radius 1 is 1.59 bits per heavy atom. The van der Waals surface area contributed by atoms with Gasteiger partial charge in [0, 0.05) is 0 Å². The molecule has 1 saturated carbocycles. The third kappa shape index (κ3) is 2.62. The number of nitrogens with zero attached hydrogens (tertiary/aromatic N) is 1. The number of rotatable bonds is 3. The zero-order valence-corrected chi connectivity index (χ0v) is 11.3. The molecule has 0 aromatic rings. The van der Waals surface area contributed by atoms with Crippen molar-refractivity contribution < 1.29 is 0 Å². The summed E-state index contributed by atoms with van der Waals surface area (Å²) < 4.78 is 0. The molecule has 2 unspecified atom stereocenters. The van der Waals surface area contributed by atoms with E-state index in [1.165, 1.54) is 19.3 Å². The summed E-state index contributed by atoms with van der Waals surface area (Å²) in [4.78, 5) is 4.32. The smallest absolute Gasteiger partial charge is 0.0829 e. The standard InChI is InChI=1S/C15H24N2/c1-4-6-14-12(5-2)7-8-13(14)9-15(3)10-16-11-17-15/h5-6,11,13H,4,7-10H2,1-3H3,(H,16,17). The summed E-state index contributed by atoms with van der Waals surface area (Å²) in [6, 6.07) is 0. The highest BCUT2D eigenvalue weighted by atomic mass is 15.1. The van der Waals surface area contributed by atoms with Crippen LogP contribution in [-0.4, -0.2) is 18.4 Å². The lowest BCUT2D eigenvalue weighted by Gasteiger charge is -2.27. The Bertz CT molecular complexity index is 355. The summed E-state index contributed by atoms with van der Waals surface area (Å²) in [5, 5.41) is 3.42. The van der Waals surface area contributed by atoms with Gasteiger partial charge in [0.05, 0.1) is 18.4 Å². The minimum Gasteiger partial charge on any atom is -0.369 e. The van der Waals surface area contributed by atoms with Gasteiger partial charge >= 0.3 is 0 Å². The SMILES string of the molecule is CC=C1CCC(CC2(C)CN=CN2)C1=CCC. The number of nitrogens with one attached hydrogen (secondary N) is 1. The normalized spacial score (nSPS) is 37.0. The van der Waals surface area contributed by atoms with Crippen molar-refractivity contribution in [2.75, 3.05) is 6.54 Å². The minimum atomic E-state index is 0.181. The molecule has 1 aliphatic heterocycles. The van der Waals surface area contributed by atoms with Crippen LogP contribution in [0.15, 0.2) is 28.3 Å². The van der Waals surface area contributed by atoms with E-state index in [0.29, 0.717) is 0 Å². The summed E-state index contributed by atoms with van der Waals surface area (Å²) in [6.45, 7) is 7.61. The molecule has 0 radical (unpaired) electrons. The van der Waals surface area contributed by atoms with Crippen molar-refractivity contribution in [3.05, 3.63) is 23.3 Å². The number of hydrogen-bond donors (Lipinski definition) is 1.